The van der Waals surface area contributed by atoms with Gasteiger partial charge in [-0.2, -0.15) is 0 Å². The van der Waals surface area contributed by atoms with Gasteiger partial charge in [-0.3, -0.25) is 5.32 Å². The average molecular weight is 280 g/mol. The second-order valence-electron chi connectivity index (χ2n) is 4.60. The number of carbonyl (C=O) groups excluding carboxylic acids is 1. The minimum Gasteiger partial charge on any atom is -0.338 e. The fraction of sp³-hybridized carbons (Fsp3) is 0.429. The molecule has 0 radical (unpaired) electrons. The van der Waals surface area contributed by atoms with Crippen molar-refractivity contribution in [2.24, 2.45) is 0 Å². The number of allylic oxidation sites excluding steroid dienone is 1. The van der Waals surface area contributed by atoms with Gasteiger partial charge in [-0.25, -0.2) is 9.78 Å². The summed E-state index contributed by atoms with van der Waals surface area (Å²) in [7, 11) is 0. The zero-order valence-corrected chi connectivity index (χ0v) is 11.5. The Morgan fingerprint density at radius 2 is 2.26 bits per heavy atom. The van der Waals surface area contributed by atoms with Crippen LogP contribution in [0.3, 0.4) is 0 Å². The zero-order chi connectivity index (χ0) is 13.5. The van der Waals surface area contributed by atoms with E-state index in [1.165, 1.54) is 37.5 Å². The van der Waals surface area contributed by atoms with Gasteiger partial charge in [0.2, 0.25) is 0 Å². The van der Waals surface area contributed by atoms with E-state index < -0.39 is 0 Å². The lowest BCUT2D eigenvalue weighted by atomic mass is 9.97. The zero-order valence-electron chi connectivity index (χ0n) is 10.8. The van der Waals surface area contributed by atoms with E-state index in [1.54, 1.807) is 12.1 Å². The minimum atomic E-state index is -0.230. The highest BCUT2D eigenvalue weighted by Gasteiger charge is 2.05. The molecule has 0 atom stereocenters. The van der Waals surface area contributed by atoms with E-state index in [-0.39, 0.29) is 6.03 Å². The largest absolute Gasteiger partial charge is 0.338 e. The van der Waals surface area contributed by atoms with Gasteiger partial charge in [0.25, 0.3) is 0 Å². The Morgan fingerprint density at radius 1 is 1.37 bits per heavy atom. The number of amides is 2. The first-order chi connectivity index (χ1) is 9.24. The lowest BCUT2D eigenvalue weighted by Crippen LogP contribution is -2.30. The van der Waals surface area contributed by atoms with E-state index in [2.05, 4.69) is 21.7 Å². The fourth-order valence-electron chi connectivity index (χ4n) is 2.08. The van der Waals surface area contributed by atoms with Gasteiger partial charge in [-0.15, -0.1) is 0 Å². The van der Waals surface area contributed by atoms with Crippen LogP contribution in [0.2, 0.25) is 5.02 Å². The Balaban J connectivity index is 1.69. The number of hydrogen-bond acceptors (Lipinski definition) is 2. The molecule has 0 saturated carbocycles. The number of rotatable bonds is 4. The molecule has 1 heterocycles. The molecule has 1 aromatic rings. The summed E-state index contributed by atoms with van der Waals surface area (Å²) in [4.78, 5) is 15.6. The van der Waals surface area contributed by atoms with Crippen molar-refractivity contribution in [3.05, 3.63) is 35.0 Å². The van der Waals surface area contributed by atoms with Crippen LogP contribution in [0.1, 0.15) is 32.1 Å². The Morgan fingerprint density at radius 3 is 2.95 bits per heavy atom. The Kier molecular flexibility index (Phi) is 5.21. The second-order valence-corrected chi connectivity index (χ2v) is 5.04. The number of nitrogens with one attached hydrogen (secondary N) is 2. The molecule has 0 aliphatic heterocycles. The van der Waals surface area contributed by atoms with Crippen LogP contribution in [0.15, 0.2) is 30.0 Å². The van der Waals surface area contributed by atoms with Crippen LogP contribution in [0.4, 0.5) is 10.6 Å². The van der Waals surface area contributed by atoms with E-state index >= 15 is 0 Å². The van der Waals surface area contributed by atoms with Crippen molar-refractivity contribution >= 4 is 23.4 Å². The summed E-state index contributed by atoms with van der Waals surface area (Å²) in [6, 6.07) is 3.13. The van der Waals surface area contributed by atoms with Crippen molar-refractivity contribution in [2.75, 3.05) is 11.9 Å². The van der Waals surface area contributed by atoms with E-state index in [9.17, 15) is 4.79 Å². The summed E-state index contributed by atoms with van der Waals surface area (Å²) in [5.74, 6) is 0.499. The summed E-state index contributed by atoms with van der Waals surface area (Å²) in [6.07, 6.45) is 9.64. The molecule has 0 unspecified atom stereocenters. The number of pyridine rings is 1. The highest BCUT2D eigenvalue weighted by Crippen LogP contribution is 2.19. The molecule has 0 spiro atoms. The number of aromatic nitrogens is 1. The maximum absolute atomic E-state index is 11.6. The molecular formula is C14H18ClN3O. The number of hydrogen-bond donors (Lipinski definition) is 2. The first-order valence-electron chi connectivity index (χ1n) is 6.58. The van der Waals surface area contributed by atoms with E-state index in [0.29, 0.717) is 17.4 Å². The predicted octanol–water partition coefficient (Wildman–Crippen LogP) is 3.75. The molecule has 5 heteroatoms. The molecule has 2 rings (SSSR count). The number of anilines is 1. The van der Waals surface area contributed by atoms with E-state index in [1.807, 2.05) is 0 Å². The number of halogens is 1. The number of carbonyl (C=O) groups is 1. The van der Waals surface area contributed by atoms with Crippen LogP contribution < -0.4 is 10.6 Å². The minimum absolute atomic E-state index is 0.230. The molecule has 1 aliphatic rings. The van der Waals surface area contributed by atoms with Gasteiger partial charge in [0.05, 0.1) is 5.02 Å². The Labute approximate surface area is 118 Å². The first-order valence-corrected chi connectivity index (χ1v) is 6.96. The van der Waals surface area contributed by atoms with Crippen molar-refractivity contribution in [2.45, 2.75) is 32.1 Å². The molecule has 102 valence electrons. The quantitative estimate of drug-likeness (QED) is 0.825. The van der Waals surface area contributed by atoms with Crippen LogP contribution >= 0.6 is 11.6 Å². The highest BCUT2D eigenvalue weighted by molar-refractivity contribution is 6.30. The topological polar surface area (TPSA) is 54.0 Å². The Bertz CT molecular complexity index is 456. The van der Waals surface area contributed by atoms with Crippen LogP contribution in [0.5, 0.6) is 0 Å². The van der Waals surface area contributed by atoms with Gasteiger partial charge < -0.3 is 5.32 Å². The first kappa shape index (κ1) is 13.9. The summed E-state index contributed by atoms with van der Waals surface area (Å²) in [5, 5.41) is 6.05. The summed E-state index contributed by atoms with van der Waals surface area (Å²) in [5.41, 5.74) is 1.45. The van der Waals surface area contributed by atoms with Crippen molar-refractivity contribution < 1.29 is 4.79 Å². The molecule has 0 aromatic carbocycles. The molecule has 2 N–H and O–H groups in total. The van der Waals surface area contributed by atoms with E-state index in [4.69, 9.17) is 11.6 Å². The Hall–Kier alpha value is -1.55. The monoisotopic (exact) mass is 279 g/mol. The number of nitrogens with zero attached hydrogens (tertiary/aromatic N) is 1. The van der Waals surface area contributed by atoms with Crippen molar-refractivity contribution in [1.29, 1.82) is 0 Å². The molecule has 0 saturated heterocycles. The van der Waals surface area contributed by atoms with Gasteiger partial charge >= 0.3 is 6.03 Å². The van der Waals surface area contributed by atoms with Gasteiger partial charge in [-0.1, -0.05) is 23.3 Å². The van der Waals surface area contributed by atoms with Gasteiger partial charge in [0, 0.05) is 12.7 Å². The molecule has 1 aromatic heterocycles. The third kappa shape index (κ3) is 4.91. The van der Waals surface area contributed by atoms with Crippen molar-refractivity contribution in [1.82, 2.24) is 10.3 Å². The van der Waals surface area contributed by atoms with Gasteiger partial charge in [-0.05, 0) is 44.2 Å². The normalized spacial score (nSPS) is 14.7. The smallest absolute Gasteiger partial charge is 0.320 e. The van der Waals surface area contributed by atoms with Crippen molar-refractivity contribution in [3.8, 4) is 0 Å². The second kappa shape index (κ2) is 7.14. The maximum Gasteiger partial charge on any atom is 0.320 e. The van der Waals surface area contributed by atoms with Gasteiger partial charge in [0.15, 0.2) is 0 Å². The summed E-state index contributed by atoms with van der Waals surface area (Å²) < 4.78 is 0. The molecule has 2 amide bonds. The third-order valence-electron chi connectivity index (χ3n) is 3.09. The maximum atomic E-state index is 11.6. The molecular weight excluding hydrogens is 262 g/mol. The lowest BCUT2D eigenvalue weighted by molar-refractivity contribution is 0.252. The van der Waals surface area contributed by atoms with Crippen LogP contribution in [0, 0.1) is 0 Å². The van der Waals surface area contributed by atoms with E-state index in [0.717, 1.165) is 6.42 Å². The molecule has 19 heavy (non-hydrogen) atoms. The third-order valence-corrected chi connectivity index (χ3v) is 3.31. The molecule has 0 fully saturated rings. The van der Waals surface area contributed by atoms with Crippen LogP contribution in [-0.4, -0.2) is 17.6 Å². The van der Waals surface area contributed by atoms with Crippen molar-refractivity contribution in [3.63, 3.8) is 0 Å². The van der Waals surface area contributed by atoms with Gasteiger partial charge in [0.1, 0.15) is 5.82 Å². The SMILES string of the molecule is O=C(NCCC1=CCCCC1)Nc1ccc(Cl)cn1. The van der Waals surface area contributed by atoms with Crippen LogP contribution in [0.25, 0.3) is 0 Å². The fourth-order valence-corrected chi connectivity index (χ4v) is 2.19. The molecule has 0 bridgehead atoms. The lowest BCUT2D eigenvalue weighted by Gasteiger charge is -2.13. The molecule has 1 aliphatic carbocycles. The highest BCUT2D eigenvalue weighted by atomic mass is 35.5. The summed E-state index contributed by atoms with van der Waals surface area (Å²) in [6.45, 7) is 0.658. The predicted molar refractivity (Wildman–Crippen MR) is 77.4 cm³/mol. The summed E-state index contributed by atoms with van der Waals surface area (Å²) >= 11 is 5.72. The number of urea groups is 1. The average Bonchev–Trinajstić information content (AvgIpc) is 2.43. The molecule has 4 nitrogen and oxygen atoms in total. The van der Waals surface area contributed by atoms with Crippen LogP contribution in [-0.2, 0) is 0 Å². The standard InChI is InChI=1S/C14H18ClN3O/c15-12-6-7-13(17-10-12)18-14(19)16-9-8-11-4-2-1-3-5-11/h4,6-7,10H,1-3,5,8-9H2,(H2,16,17,18,19).